The quantitative estimate of drug-likeness (QED) is 0.926. The highest BCUT2D eigenvalue weighted by molar-refractivity contribution is 8.00. The molecule has 2 N–H and O–H groups in total. The van der Waals surface area contributed by atoms with Crippen LogP contribution in [0.3, 0.4) is 0 Å². The molecule has 4 atom stereocenters. The summed E-state index contributed by atoms with van der Waals surface area (Å²) in [7, 11) is 1.73. The van der Waals surface area contributed by atoms with Crippen LogP contribution in [0.15, 0.2) is 24.3 Å². The second-order valence-corrected chi connectivity index (χ2v) is 7.64. The number of ether oxygens (including phenoxy) is 1. The minimum absolute atomic E-state index is 0.0776. The largest absolute Gasteiger partial charge is 0.496 e. The summed E-state index contributed by atoms with van der Waals surface area (Å²) in [5, 5.41) is 1.30. The van der Waals surface area contributed by atoms with Crippen molar-refractivity contribution in [2.75, 3.05) is 20.2 Å². The van der Waals surface area contributed by atoms with Crippen LogP contribution >= 0.6 is 11.8 Å². The fourth-order valence-corrected chi connectivity index (χ4v) is 4.52. The normalized spacial score (nSPS) is 27.1. The van der Waals surface area contributed by atoms with E-state index in [1.54, 1.807) is 7.11 Å². The van der Waals surface area contributed by atoms with Crippen molar-refractivity contribution in [1.29, 1.82) is 0 Å². The number of hydrogen-bond acceptors (Lipinski definition) is 4. The highest BCUT2D eigenvalue weighted by Crippen LogP contribution is 2.35. The maximum Gasteiger partial charge on any atom is 0.123 e. The standard InChI is InChI=1S/C16H26N2OS/c1-11-9-18(10-12(2)20-11)16(13(3)17)14-7-5-6-8-15(14)19-4/h5-8,11-13,16H,9-10,17H2,1-4H3. The third kappa shape index (κ3) is 3.48. The van der Waals surface area contributed by atoms with Gasteiger partial charge in [-0.05, 0) is 13.0 Å². The van der Waals surface area contributed by atoms with E-state index in [-0.39, 0.29) is 12.1 Å². The zero-order valence-electron chi connectivity index (χ0n) is 12.9. The van der Waals surface area contributed by atoms with Crippen LogP contribution in [0.2, 0.25) is 0 Å². The molecule has 0 spiro atoms. The molecule has 1 saturated heterocycles. The molecule has 1 fully saturated rings. The number of benzene rings is 1. The van der Waals surface area contributed by atoms with Gasteiger partial charge in [-0.3, -0.25) is 4.90 Å². The number of methoxy groups -OCH3 is 1. The molecule has 3 nitrogen and oxygen atoms in total. The Hall–Kier alpha value is -0.710. The van der Waals surface area contributed by atoms with Crippen molar-refractivity contribution in [2.24, 2.45) is 5.73 Å². The molecule has 1 heterocycles. The van der Waals surface area contributed by atoms with E-state index in [1.807, 2.05) is 12.1 Å². The van der Waals surface area contributed by atoms with Crippen LogP contribution < -0.4 is 10.5 Å². The Morgan fingerprint density at radius 2 is 1.85 bits per heavy atom. The van der Waals surface area contributed by atoms with Crippen molar-refractivity contribution in [1.82, 2.24) is 4.90 Å². The molecule has 0 aromatic heterocycles. The van der Waals surface area contributed by atoms with E-state index in [2.05, 4.69) is 49.6 Å². The lowest BCUT2D eigenvalue weighted by Gasteiger charge is -2.41. The van der Waals surface area contributed by atoms with Crippen LogP contribution in [-0.4, -0.2) is 41.6 Å². The molecule has 20 heavy (non-hydrogen) atoms. The number of thioether (sulfide) groups is 1. The van der Waals surface area contributed by atoms with Gasteiger partial charge in [-0.2, -0.15) is 11.8 Å². The van der Waals surface area contributed by atoms with E-state index in [1.165, 1.54) is 5.56 Å². The van der Waals surface area contributed by atoms with Crippen molar-refractivity contribution >= 4 is 11.8 Å². The lowest BCUT2D eigenvalue weighted by atomic mass is 9.97. The second-order valence-electron chi connectivity index (χ2n) is 5.76. The number of nitrogens with two attached hydrogens (primary N) is 1. The predicted octanol–water partition coefficient (Wildman–Crippen LogP) is 2.91. The third-order valence-corrected chi connectivity index (χ3v) is 5.02. The average molecular weight is 294 g/mol. The number of para-hydroxylation sites is 1. The van der Waals surface area contributed by atoms with Crippen LogP contribution in [0.25, 0.3) is 0 Å². The fraction of sp³-hybridized carbons (Fsp3) is 0.625. The maximum absolute atomic E-state index is 6.31. The van der Waals surface area contributed by atoms with Crippen molar-refractivity contribution in [2.45, 2.75) is 43.4 Å². The van der Waals surface area contributed by atoms with Crippen molar-refractivity contribution in [3.05, 3.63) is 29.8 Å². The molecule has 0 radical (unpaired) electrons. The molecule has 1 aliphatic heterocycles. The molecular formula is C16H26N2OS. The predicted molar refractivity (Wildman–Crippen MR) is 87.5 cm³/mol. The molecule has 112 valence electrons. The maximum atomic E-state index is 6.31. The zero-order chi connectivity index (χ0) is 14.7. The van der Waals surface area contributed by atoms with Crippen LogP contribution in [0.1, 0.15) is 32.4 Å². The Morgan fingerprint density at radius 3 is 2.40 bits per heavy atom. The third-order valence-electron chi connectivity index (χ3n) is 3.80. The first-order valence-electron chi connectivity index (χ1n) is 7.31. The molecular weight excluding hydrogens is 268 g/mol. The minimum atomic E-state index is 0.0776. The number of rotatable bonds is 4. The molecule has 0 aliphatic carbocycles. The summed E-state index contributed by atoms with van der Waals surface area (Å²) in [5.74, 6) is 0.938. The highest BCUT2D eigenvalue weighted by atomic mass is 32.2. The molecule has 2 rings (SSSR count). The average Bonchev–Trinajstić information content (AvgIpc) is 2.38. The van der Waals surface area contributed by atoms with Crippen LogP contribution in [-0.2, 0) is 0 Å². The van der Waals surface area contributed by atoms with E-state index in [0.29, 0.717) is 10.5 Å². The van der Waals surface area contributed by atoms with Gasteiger partial charge in [-0.15, -0.1) is 0 Å². The first kappa shape index (κ1) is 15.7. The van der Waals surface area contributed by atoms with Gasteiger partial charge in [0.1, 0.15) is 5.75 Å². The van der Waals surface area contributed by atoms with E-state index in [9.17, 15) is 0 Å². The van der Waals surface area contributed by atoms with Crippen LogP contribution in [0.4, 0.5) is 0 Å². The van der Waals surface area contributed by atoms with E-state index < -0.39 is 0 Å². The lowest BCUT2D eigenvalue weighted by molar-refractivity contribution is 0.171. The molecule has 0 saturated carbocycles. The topological polar surface area (TPSA) is 38.5 Å². The Labute approximate surface area is 126 Å². The monoisotopic (exact) mass is 294 g/mol. The number of hydrogen-bond donors (Lipinski definition) is 1. The SMILES string of the molecule is COc1ccccc1C(C(C)N)N1CC(C)SC(C)C1. The van der Waals surface area contributed by atoms with Gasteiger partial charge in [-0.1, -0.05) is 32.0 Å². The summed E-state index contributed by atoms with van der Waals surface area (Å²) < 4.78 is 5.53. The van der Waals surface area contributed by atoms with Crippen LogP contribution in [0, 0.1) is 0 Å². The second kappa shape index (κ2) is 6.83. The van der Waals surface area contributed by atoms with Gasteiger partial charge in [0.15, 0.2) is 0 Å². The van der Waals surface area contributed by atoms with Gasteiger partial charge in [-0.25, -0.2) is 0 Å². The summed E-state index contributed by atoms with van der Waals surface area (Å²) >= 11 is 2.07. The van der Waals surface area contributed by atoms with Gasteiger partial charge in [0.2, 0.25) is 0 Å². The number of nitrogens with zero attached hydrogens (tertiary/aromatic N) is 1. The highest BCUT2D eigenvalue weighted by Gasteiger charge is 2.32. The summed E-state index contributed by atoms with van der Waals surface area (Å²) in [6.07, 6.45) is 0. The smallest absolute Gasteiger partial charge is 0.123 e. The molecule has 1 aliphatic rings. The van der Waals surface area contributed by atoms with E-state index >= 15 is 0 Å². The van der Waals surface area contributed by atoms with Crippen molar-refractivity contribution < 1.29 is 4.74 Å². The molecule has 0 bridgehead atoms. The minimum Gasteiger partial charge on any atom is -0.496 e. The Balaban J connectivity index is 2.31. The summed E-state index contributed by atoms with van der Waals surface area (Å²) in [6.45, 7) is 8.86. The Bertz CT molecular complexity index is 428. The summed E-state index contributed by atoms with van der Waals surface area (Å²) in [6, 6.07) is 8.54. The zero-order valence-corrected chi connectivity index (χ0v) is 13.7. The van der Waals surface area contributed by atoms with Crippen molar-refractivity contribution in [3.63, 3.8) is 0 Å². The van der Waals surface area contributed by atoms with Crippen molar-refractivity contribution in [3.8, 4) is 5.75 Å². The van der Waals surface area contributed by atoms with Gasteiger partial charge < -0.3 is 10.5 Å². The fourth-order valence-electron chi connectivity index (χ4n) is 3.17. The Morgan fingerprint density at radius 1 is 1.25 bits per heavy atom. The van der Waals surface area contributed by atoms with Crippen LogP contribution in [0.5, 0.6) is 5.75 Å². The first-order valence-corrected chi connectivity index (χ1v) is 8.25. The van der Waals surface area contributed by atoms with Gasteiger partial charge in [0.05, 0.1) is 13.2 Å². The molecule has 1 aromatic carbocycles. The molecule has 0 amide bonds. The first-order chi connectivity index (χ1) is 9.52. The van der Waals surface area contributed by atoms with E-state index in [4.69, 9.17) is 10.5 Å². The summed E-state index contributed by atoms with van der Waals surface area (Å²) in [5.41, 5.74) is 7.51. The lowest BCUT2D eigenvalue weighted by Crippen LogP contribution is -2.47. The van der Waals surface area contributed by atoms with Gasteiger partial charge in [0, 0.05) is 35.2 Å². The molecule has 4 heteroatoms. The summed E-state index contributed by atoms with van der Waals surface area (Å²) in [4.78, 5) is 2.52. The van der Waals surface area contributed by atoms with Gasteiger partial charge in [0.25, 0.3) is 0 Å². The molecule has 4 unspecified atom stereocenters. The van der Waals surface area contributed by atoms with E-state index in [0.717, 1.165) is 18.8 Å². The molecule has 1 aromatic rings. The Kier molecular flexibility index (Phi) is 5.35. The van der Waals surface area contributed by atoms with Gasteiger partial charge >= 0.3 is 0 Å².